The Labute approximate surface area is 176 Å². The zero-order chi connectivity index (χ0) is 21.7. The number of hydrogen-bond donors (Lipinski definition) is 1. The van der Waals surface area contributed by atoms with Gasteiger partial charge in [-0.2, -0.15) is 0 Å². The van der Waals surface area contributed by atoms with Crippen LogP contribution in [0.4, 0.5) is 0 Å². The molecule has 1 N–H and O–H groups in total. The molecular weight excluding hydrogens is 382 g/mol. The summed E-state index contributed by atoms with van der Waals surface area (Å²) in [5, 5.41) is 11.0. The average Bonchev–Trinajstić information content (AvgIpc) is 3.01. The van der Waals surface area contributed by atoms with E-state index in [9.17, 15) is 14.7 Å². The lowest BCUT2D eigenvalue weighted by molar-refractivity contribution is -0.140. The minimum absolute atomic E-state index is 0.0816. The van der Waals surface area contributed by atoms with Crippen LogP contribution in [0.15, 0.2) is 60.2 Å². The van der Waals surface area contributed by atoms with Crippen molar-refractivity contribution >= 4 is 17.4 Å². The fraction of sp³-hybridized carbons (Fsp3) is 0.333. The SMILES string of the molecule is COCCN1C(=O)C(=O)C(=C(O)c2ccc(OCC(C)C)cc2)[C@@H]1c1ccccc1. The molecule has 0 saturated carbocycles. The van der Waals surface area contributed by atoms with Gasteiger partial charge in [0, 0.05) is 19.2 Å². The van der Waals surface area contributed by atoms with Crippen molar-refractivity contribution in [1.82, 2.24) is 4.90 Å². The number of methoxy groups -OCH3 is 1. The summed E-state index contributed by atoms with van der Waals surface area (Å²) in [5.41, 5.74) is 1.29. The number of nitrogens with zero attached hydrogens (tertiary/aromatic N) is 1. The van der Waals surface area contributed by atoms with Gasteiger partial charge in [0.2, 0.25) is 0 Å². The number of ketones is 1. The van der Waals surface area contributed by atoms with E-state index in [0.29, 0.717) is 23.8 Å². The highest BCUT2D eigenvalue weighted by atomic mass is 16.5. The van der Waals surface area contributed by atoms with Crippen LogP contribution < -0.4 is 4.74 Å². The molecule has 0 radical (unpaired) electrons. The molecule has 1 amide bonds. The maximum atomic E-state index is 12.8. The third-order valence-electron chi connectivity index (χ3n) is 4.90. The fourth-order valence-electron chi connectivity index (χ4n) is 3.41. The van der Waals surface area contributed by atoms with E-state index in [-0.39, 0.29) is 24.5 Å². The maximum Gasteiger partial charge on any atom is 0.295 e. The number of hydrogen-bond acceptors (Lipinski definition) is 5. The summed E-state index contributed by atoms with van der Waals surface area (Å²) >= 11 is 0. The quantitative estimate of drug-likeness (QED) is 0.408. The molecule has 6 heteroatoms. The summed E-state index contributed by atoms with van der Waals surface area (Å²) in [4.78, 5) is 27.0. The molecule has 1 heterocycles. The lowest BCUT2D eigenvalue weighted by Crippen LogP contribution is -2.32. The van der Waals surface area contributed by atoms with E-state index in [0.717, 1.165) is 5.56 Å². The van der Waals surface area contributed by atoms with E-state index in [2.05, 4.69) is 13.8 Å². The van der Waals surface area contributed by atoms with Gasteiger partial charge in [-0.05, 0) is 35.7 Å². The van der Waals surface area contributed by atoms with Crippen molar-refractivity contribution in [2.45, 2.75) is 19.9 Å². The van der Waals surface area contributed by atoms with E-state index < -0.39 is 17.7 Å². The van der Waals surface area contributed by atoms with Crippen LogP contribution in [0.2, 0.25) is 0 Å². The average molecular weight is 409 g/mol. The molecule has 1 saturated heterocycles. The molecular formula is C24H27NO5. The third-order valence-corrected chi connectivity index (χ3v) is 4.90. The van der Waals surface area contributed by atoms with Gasteiger partial charge in [0.15, 0.2) is 0 Å². The first-order valence-corrected chi connectivity index (χ1v) is 9.99. The van der Waals surface area contributed by atoms with E-state index >= 15 is 0 Å². The lowest BCUT2D eigenvalue weighted by atomic mass is 9.95. The number of carbonyl (C=O) groups is 2. The molecule has 2 aromatic rings. The van der Waals surface area contributed by atoms with E-state index in [4.69, 9.17) is 9.47 Å². The monoisotopic (exact) mass is 409 g/mol. The summed E-state index contributed by atoms with van der Waals surface area (Å²) in [6, 6.07) is 15.4. The van der Waals surface area contributed by atoms with Crippen molar-refractivity contribution in [2.75, 3.05) is 26.9 Å². The van der Waals surface area contributed by atoms with Crippen LogP contribution in [-0.2, 0) is 14.3 Å². The smallest absolute Gasteiger partial charge is 0.295 e. The van der Waals surface area contributed by atoms with Crippen LogP contribution in [0.25, 0.3) is 5.76 Å². The summed E-state index contributed by atoms with van der Waals surface area (Å²) in [6.45, 7) is 5.25. The highest BCUT2D eigenvalue weighted by Crippen LogP contribution is 2.39. The number of Topliss-reactive ketones (excluding diaryl/α,β-unsaturated/α-hetero) is 1. The van der Waals surface area contributed by atoms with Crippen LogP contribution in [0.3, 0.4) is 0 Å². The Bertz CT molecular complexity index is 918. The van der Waals surface area contributed by atoms with Crippen LogP contribution in [-0.4, -0.2) is 48.6 Å². The van der Waals surface area contributed by atoms with Gasteiger partial charge in [-0.3, -0.25) is 9.59 Å². The number of rotatable bonds is 8. The molecule has 0 unspecified atom stereocenters. The second kappa shape index (κ2) is 9.59. The first-order chi connectivity index (χ1) is 14.4. The van der Waals surface area contributed by atoms with Gasteiger partial charge < -0.3 is 19.5 Å². The first-order valence-electron chi connectivity index (χ1n) is 9.99. The van der Waals surface area contributed by atoms with Crippen LogP contribution in [0, 0.1) is 5.92 Å². The highest BCUT2D eigenvalue weighted by molar-refractivity contribution is 6.46. The third kappa shape index (κ3) is 4.54. The second-order valence-corrected chi connectivity index (χ2v) is 7.63. The van der Waals surface area contributed by atoms with Gasteiger partial charge in [-0.15, -0.1) is 0 Å². The first kappa shape index (κ1) is 21.6. The molecule has 1 atom stereocenters. The minimum atomic E-state index is -0.697. The van der Waals surface area contributed by atoms with Crippen molar-refractivity contribution in [3.05, 3.63) is 71.3 Å². The number of aliphatic hydroxyl groups excluding tert-OH is 1. The lowest BCUT2D eigenvalue weighted by Gasteiger charge is -2.25. The van der Waals surface area contributed by atoms with E-state index in [1.54, 1.807) is 24.3 Å². The normalized spacial score (nSPS) is 18.3. The highest BCUT2D eigenvalue weighted by Gasteiger charge is 2.45. The van der Waals surface area contributed by atoms with Gasteiger partial charge in [0.25, 0.3) is 11.7 Å². The molecule has 3 rings (SSSR count). The Hall–Kier alpha value is -3.12. The summed E-state index contributed by atoms with van der Waals surface area (Å²) in [6.07, 6.45) is 0. The topological polar surface area (TPSA) is 76.1 Å². The van der Waals surface area contributed by atoms with E-state index in [1.807, 2.05) is 30.3 Å². The van der Waals surface area contributed by atoms with Crippen molar-refractivity contribution < 1.29 is 24.2 Å². The number of benzene rings is 2. The molecule has 0 bridgehead atoms. The van der Waals surface area contributed by atoms with Crippen LogP contribution in [0.5, 0.6) is 5.75 Å². The van der Waals surface area contributed by atoms with Gasteiger partial charge in [-0.25, -0.2) is 0 Å². The largest absolute Gasteiger partial charge is 0.507 e. The number of amides is 1. The minimum Gasteiger partial charge on any atom is -0.507 e. The second-order valence-electron chi connectivity index (χ2n) is 7.63. The molecule has 1 aliphatic heterocycles. The van der Waals surface area contributed by atoms with Crippen molar-refractivity contribution in [3.63, 3.8) is 0 Å². The van der Waals surface area contributed by atoms with Crippen molar-refractivity contribution in [2.24, 2.45) is 5.92 Å². The number of carbonyl (C=O) groups excluding carboxylic acids is 2. The molecule has 0 aromatic heterocycles. The van der Waals surface area contributed by atoms with Gasteiger partial charge >= 0.3 is 0 Å². The Balaban J connectivity index is 2.00. The Morgan fingerprint density at radius 1 is 1.07 bits per heavy atom. The standard InChI is InChI=1S/C24H27NO5/c1-16(2)15-30-19-11-9-18(10-12-19)22(26)20-21(17-7-5-4-6-8-17)25(13-14-29-3)24(28)23(20)27/h4-12,16,21,26H,13-15H2,1-3H3/t21-/m0/s1. The predicted octanol–water partition coefficient (Wildman–Crippen LogP) is 3.79. The van der Waals surface area contributed by atoms with Crippen molar-refractivity contribution in [1.29, 1.82) is 0 Å². The molecule has 0 spiro atoms. The zero-order valence-corrected chi connectivity index (χ0v) is 17.5. The molecule has 1 fully saturated rings. The Morgan fingerprint density at radius 2 is 1.73 bits per heavy atom. The van der Waals surface area contributed by atoms with E-state index in [1.165, 1.54) is 12.0 Å². The zero-order valence-electron chi connectivity index (χ0n) is 17.5. The fourth-order valence-corrected chi connectivity index (χ4v) is 3.41. The molecule has 2 aromatic carbocycles. The molecule has 30 heavy (non-hydrogen) atoms. The van der Waals surface area contributed by atoms with Crippen LogP contribution in [0.1, 0.15) is 31.0 Å². The predicted molar refractivity (Wildman–Crippen MR) is 114 cm³/mol. The molecule has 158 valence electrons. The molecule has 0 aliphatic carbocycles. The van der Waals surface area contributed by atoms with Gasteiger partial charge in [0.1, 0.15) is 11.5 Å². The molecule has 1 aliphatic rings. The van der Waals surface area contributed by atoms with Crippen molar-refractivity contribution in [3.8, 4) is 5.75 Å². The summed E-state index contributed by atoms with van der Waals surface area (Å²) in [5.74, 6) is -0.457. The number of likely N-dealkylation sites (tertiary alicyclic amines) is 1. The Morgan fingerprint density at radius 3 is 2.33 bits per heavy atom. The number of ether oxygens (including phenoxy) is 2. The van der Waals surface area contributed by atoms with Crippen LogP contribution >= 0.6 is 0 Å². The molecule has 6 nitrogen and oxygen atoms in total. The van der Waals surface area contributed by atoms with Gasteiger partial charge in [-0.1, -0.05) is 44.2 Å². The summed E-state index contributed by atoms with van der Waals surface area (Å²) < 4.78 is 10.8. The van der Waals surface area contributed by atoms with Gasteiger partial charge in [0.05, 0.1) is 24.8 Å². The number of aliphatic hydroxyl groups is 1. The summed E-state index contributed by atoms with van der Waals surface area (Å²) in [7, 11) is 1.54. The Kier molecular flexibility index (Phi) is 6.90. The maximum absolute atomic E-state index is 12.8.